The number of hydrogen-bond donors (Lipinski definition) is 2. The largest absolute Gasteiger partial charge is 0.478 e. The summed E-state index contributed by atoms with van der Waals surface area (Å²) in [5.74, 6) is -1.50. The molecule has 0 bridgehead atoms. The highest BCUT2D eigenvalue weighted by Gasteiger charge is 2.32. The summed E-state index contributed by atoms with van der Waals surface area (Å²) in [5, 5.41) is 18.5. The van der Waals surface area contributed by atoms with Crippen molar-refractivity contribution in [2.45, 2.75) is 12.5 Å². The summed E-state index contributed by atoms with van der Waals surface area (Å²) in [4.78, 5) is 24.0. The van der Waals surface area contributed by atoms with E-state index in [1.165, 1.54) is 17.0 Å². The number of anilines is 1. The summed E-state index contributed by atoms with van der Waals surface area (Å²) in [6, 6.07) is 4.53. The quantitative estimate of drug-likeness (QED) is 0.831. The summed E-state index contributed by atoms with van der Waals surface area (Å²) in [6.07, 6.45) is -0.755. The Labute approximate surface area is 102 Å². The summed E-state index contributed by atoms with van der Waals surface area (Å²) in [7, 11) is 0. The van der Waals surface area contributed by atoms with Gasteiger partial charge in [0.05, 0.1) is 29.8 Å². The van der Waals surface area contributed by atoms with E-state index in [4.69, 9.17) is 16.7 Å². The number of β-amino-alcohol motifs (C(OH)–C–C–N with tert-alkyl or cyclic N) is 1. The number of nitrogens with zero attached hydrogens (tertiary/aromatic N) is 1. The molecule has 0 aromatic heterocycles. The molecule has 2 N–H and O–H groups in total. The Morgan fingerprint density at radius 2 is 2.18 bits per heavy atom. The molecule has 1 unspecified atom stereocenters. The third-order valence-electron chi connectivity index (χ3n) is 2.60. The van der Waals surface area contributed by atoms with Crippen molar-refractivity contribution in [3.63, 3.8) is 0 Å². The van der Waals surface area contributed by atoms with Crippen molar-refractivity contribution in [3.05, 3.63) is 28.8 Å². The van der Waals surface area contributed by atoms with Crippen LogP contribution in [0.15, 0.2) is 18.2 Å². The predicted molar refractivity (Wildman–Crippen MR) is 61.4 cm³/mol. The molecule has 17 heavy (non-hydrogen) atoms. The molecule has 6 heteroatoms. The van der Waals surface area contributed by atoms with Gasteiger partial charge in [0.15, 0.2) is 0 Å². The monoisotopic (exact) mass is 255 g/mol. The van der Waals surface area contributed by atoms with E-state index in [1.807, 2.05) is 0 Å². The van der Waals surface area contributed by atoms with Gasteiger partial charge < -0.3 is 15.1 Å². The number of rotatable bonds is 2. The van der Waals surface area contributed by atoms with E-state index in [1.54, 1.807) is 6.07 Å². The third kappa shape index (κ3) is 2.11. The maximum atomic E-state index is 11.6. The van der Waals surface area contributed by atoms with E-state index in [2.05, 4.69) is 0 Å². The number of aliphatic hydroxyl groups excluding tert-OH is 1. The highest BCUT2D eigenvalue weighted by molar-refractivity contribution is 6.34. The molecule has 1 aromatic carbocycles. The fourth-order valence-corrected chi connectivity index (χ4v) is 2.12. The molecule has 1 aliphatic rings. The normalized spacial score (nSPS) is 19.8. The fraction of sp³-hybridized carbons (Fsp3) is 0.273. The van der Waals surface area contributed by atoms with Gasteiger partial charge in [-0.3, -0.25) is 4.79 Å². The van der Waals surface area contributed by atoms with E-state index in [0.29, 0.717) is 0 Å². The van der Waals surface area contributed by atoms with Gasteiger partial charge in [-0.25, -0.2) is 4.79 Å². The van der Waals surface area contributed by atoms with E-state index >= 15 is 0 Å². The maximum absolute atomic E-state index is 11.6. The summed E-state index contributed by atoms with van der Waals surface area (Å²) >= 11 is 5.81. The van der Waals surface area contributed by atoms with Gasteiger partial charge >= 0.3 is 5.97 Å². The Kier molecular flexibility index (Phi) is 3.04. The van der Waals surface area contributed by atoms with Crippen LogP contribution in [-0.2, 0) is 4.79 Å². The van der Waals surface area contributed by atoms with E-state index in [-0.39, 0.29) is 35.1 Å². The van der Waals surface area contributed by atoms with Crippen LogP contribution in [0, 0.1) is 0 Å². The lowest BCUT2D eigenvalue weighted by Gasteiger charge is -2.18. The highest BCUT2D eigenvalue weighted by Crippen LogP contribution is 2.30. The molecule has 0 aliphatic carbocycles. The first-order chi connectivity index (χ1) is 8.00. The van der Waals surface area contributed by atoms with Crippen LogP contribution < -0.4 is 4.90 Å². The molecule has 2 rings (SSSR count). The van der Waals surface area contributed by atoms with E-state index in [0.717, 1.165) is 0 Å². The van der Waals surface area contributed by atoms with Crippen LogP contribution in [0.25, 0.3) is 0 Å². The standard InChI is InChI=1S/C11H10ClNO4/c12-7-2-1-3-8(10(7)11(16)17)13-5-6(14)4-9(13)15/h1-3,6,14H,4-5H2,(H,16,17). The van der Waals surface area contributed by atoms with Crippen molar-refractivity contribution in [2.24, 2.45) is 0 Å². The van der Waals surface area contributed by atoms with Gasteiger partial charge in [-0.05, 0) is 12.1 Å². The number of hydrogen-bond acceptors (Lipinski definition) is 3. The molecule has 1 saturated heterocycles. The Morgan fingerprint density at radius 3 is 2.71 bits per heavy atom. The van der Waals surface area contributed by atoms with Crippen LogP contribution in [0.3, 0.4) is 0 Å². The van der Waals surface area contributed by atoms with Crippen LogP contribution in [0.4, 0.5) is 5.69 Å². The third-order valence-corrected chi connectivity index (χ3v) is 2.92. The smallest absolute Gasteiger partial charge is 0.339 e. The fourth-order valence-electron chi connectivity index (χ4n) is 1.87. The number of benzene rings is 1. The average Bonchev–Trinajstić information content (AvgIpc) is 2.56. The minimum atomic E-state index is -1.19. The molecule has 5 nitrogen and oxygen atoms in total. The van der Waals surface area contributed by atoms with Gasteiger partial charge in [-0.1, -0.05) is 17.7 Å². The molecular weight excluding hydrogens is 246 g/mol. The summed E-state index contributed by atoms with van der Waals surface area (Å²) < 4.78 is 0. The molecule has 0 radical (unpaired) electrons. The Balaban J connectivity index is 2.49. The SMILES string of the molecule is O=C(O)c1c(Cl)cccc1N1CC(O)CC1=O. The Morgan fingerprint density at radius 1 is 1.47 bits per heavy atom. The lowest BCUT2D eigenvalue weighted by molar-refractivity contribution is -0.117. The van der Waals surface area contributed by atoms with Crippen molar-refractivity contribution < 1.29 is 19.8 Å². The Hall–Kier alpha value is -1.59. The topological polar surface area (TPSA) is 77.8 Å². The molecule has 1 aromatic rings. The van der Waals surface area contributed by atoms with Crippen LogP contribution in [0.2, 0.25) is 5.02 Å². The molecule has 1 aliphatic heterocycles. The van der Waals surface area contributed by atoms with E-state index in [9.17, 15) is 14.7 Å². The summed E-state index contributed by atoms with van der Waals surface area (Å²) in [5.41, 5.74) is 0.114. The average molecular weight is 256 g/mol. The van der Waals surface area contributed by atoms with Crippen LogP contribution in [-0.4, -0.2) is 34.7 Å². The minimum Gasteiger partial charge on any atom is -0.478 e. The second-order valence-electron chi connectivity index (χ2n) is 3.80. The van der Waals surface area contributed by atoms with Gasteiger partial charge in [0, 0.05) is 0 Å². The molecular formula is C11H10ClNO4. The van der Waals surface area contributed by atoms with Gasteiger partial charge in [0.1, 0.15) is 5.56 Å². The molecule has 0 spiro atoms. The number of halogens is 1. The first kappa shape index (κ1) is 11.9. The number of aromatic carboxylic acids is 1. The second kappa shape index (κ2) is 4.35. The van der Waals surface area contributed by atoms with Gasteiger partial charge in [0.25, 0.3) is 0 Å². The molecule has 0 saturated carbocycles. The zero-order chi connectivity index (χ0) is 12.6. The molecule has 1 atom stereocenters. The minimum absolute atomic E-state index is 0.00553. The number of carboxylic acid groups (broad SMARTS) is 1. The zero-order valence-electron chi connectivity index (χ0n) is 8.76. The predicted octanol–water partition coefficient (Wildman–Crippen LogP) is 1.14. The van der Waals surface area contributed by atoms with Crippen molar-refractivity contribution in [1.29, 1.82) is 0 Å². The lowest BCUT2D eigenvalue weighted by Crippen LogP contribution is -2.27. The van der Waals surface area contributed by atoms with Gasteiger partial charge in [0.2, 0.25) is 5.91 Å². The van der Waals surface area contributed by atoms with Gasteiger partial charge in [-0.2, -0.15) is 0 Å². The molecule has 1 amide bonds. The lowest BCUT2D eigenvalue weighted by atomic mass is 10.1. The van der Waals surface area contributed by atoms with E-state index < -0.39 is 12.1 Å². The zero-order valence-corrected chi connectivity index (χ0v) is 9.52. The van der Waals surface area contributed by atoms with Crippen molar-refractivity contribution >= 4 is 29.2 Å². The highest BCUT2D eigenvalue weighted by atomic mass is 35.5. The van der Waals surface area contributed by atoms with Gasteiger partial charge in [-0.15, -0.1) is 0 Å². The number of carboxylic acids is 1. The van der Waals surface area contributed by atoms with Crippen LogP contribution >= 0.6 is 11.6 Å². The van der Waals surface area contributed by atoms with Crippen molar-refractivity contribution in [2.75, 3.05) is 11.4 Å². The van der Waals surface area contributed by atoms with Crippen molar-refractivity contribution in [3.8, 4) is 0 Å². The second-order valence-corrected chi connectivity index (χ2v) is 4.21. The molecule has 90 valence electrons. The summed E-state index contributed by atoms with van der Waals surface area (Å²) in [6.45, 7) is 0.0967. The number of aliphatic hydroxyl groups is 1. The van der Waals surface area contributed by atoms with Crippen molar-refractivity contribution in [1.82, 2.24) is 0 Å². The number of amides is 1. The molecule has 1 heterocycles. The van der Waals surface area contributed by atoms with Crippen LogP contribution in [0.5, 0.6) is 0 Å². The first-order valence-corrected chi connectivity index (χ1v) is 5.38. The first-order valence-electron chi connectivity index (χ1n) is 5.01. The number of carbonyl (C=O) groups excluding carboxylic acids is 1. The van der Waals surface area contributed by atoms with Crippen LogP contribution in [0.1, 0.15) is 16.8 Å². The number of carbonyl (C=O) groups is 2. The molecule has 1 fully saturated rings. The maximum Gasteiger partial charge on any atom is 0.339 e. The Bertz CT molecular complexity index is 488.